The van der Waals surface area contributed by atoms with Gasteiger partial charge in [0.05, 0.1) is 45.1 Å². The van der Waals surface area contributed by atoms with E-state index < -0.39 is 143 Å². The number of aliphatic hydroxyl groups excluding tert-OH is 8. The molecule has 99 heavy (non-hydrogen) atoms. The third kappa shape index (κ3) is 37.1. The smallest absolute Gasteiger partial charge is 0.327 e. The monoisotopic (exact) mass is 1440 g/mol. The molecule has 3 saturated heterocycles. The number of hydrogen-bond acceptors (Lipinski definition) is 24. The Morgan fingerprint density at radius 1 is 0.525 bits per heavy atom. The second kappa shape index (κ2) is 53.2. The molecule has 576 valence electrons. The Bertz CT molecular complexity index is 2290. The fourth-order valence-electron chi connectivity index (χ4n) is 11.8. The number of carbonyl (C=O) groups excluding carboxylic acids is 5. The molecule has 9 unspecified atom stereocenters. The zero-order valence-corrected chi connectivity index (χ0v) is 61.2. The number of amides is 3. The van der Waals surface area contributed by atoms with Gasteiger partial charge in [0, 0.05) is 45.9 Å². The summed E-state index contributed by atoms with van der Waals surface area (Å²) < 4.78 is 72.0. The van der Waals surface area contributed by atoms with Crippen molar-refractivity contribution in [3.63, 3.8) is 0 Å². The van der Waals surface area contributed by atoms with E-state index in [1.807, 2.05) is 6.08 Å². The lowest BCUT2D eigenvalue weighted by atomic mass is 9.95. The number of allylic oxidation sites excluding steroid dienone is 3. The predicted octanol–water partition coefficient (Wildman–Crippen LogP) is 7.05. The van der Waals surface area contributed by atoms with Gasteiger partial charge in [0.1, 0.15) is 73.7 Å². The molecule has 18 atom stereocenters. The number of rotatable bonds is 56. The van der Waals surface area contributed by atoms with E-state index in [-0.39, 0.29) is 77.0 Å². The number of nitrogens with one attached hydrogen (secondary N) is 3. The predicted molar refractivity (Wildman–Crippen MR) is 369 cm³/mol. The summed E-state index contributed by atoms with van der Waals surface area (Å²) in [7, 11) is -3.77. The SMILES string of the molecule is CCCCCCCC/C=C\CCCCCCCC(=O)O[C@H](COC(=O)C(/C=C/CCCCCCCC)CCCCCC)COP(C)(=O)OCCNC(=O)CCCCC(=O)NCCCO[C@@H]1OC(CO)[C@H](O)[C@H](OC2OC(CO)[C@H](O)[C@H](O)C2NC(C)=O)C1O[C@@H]1OC(C)[C@@H](O)[C@H](O)C1O. The van der Waals surface area contributed by atoms with Crippen molar-refractivity contribution in [2.24, 2.45) is 5.92 Å². The van der Waals surface area contributed by atoms with Crippen LogP contribution in [0.15, 0.2) is 24.3 Å². The molecule has 0 aromatic heterocycles. The van der Waals surface area contributed by atoms with Crippen molar-refractivity contribution in [1.82, 2.24) is 16.0 Å². The van der Waals surface area contributed by atoms with Gasteiger partial charge in [-0.2, -0.15) is 0 Å². The minimum Gasteiger partial charge on any atom is -0.461 e. The Morgan fingerprint density at radius 3 is 1.65 bits per heavy atom. The average molecular weight is 1440 g/mol. The van der Waals surface area contributed by atoms with Gasteiger partial charge in [-0.1, -0.05) is 154 Å². The highest BCUT2D eigenvalue weighted by atomic mass is 31.2. The molecule has 0 aliphatic carbocycles. The molecule has 3 heterocycles. The van der Waals surface area contributed by atoms with E-state index in [9.17, 15) is 69.4 Å². The first-order valence-electron chi connectivity index (χ1n) is 37.1. The molecule has 0 aromatic carbocycles. The van der Waals surface area contributed by atoms with Crippen molar-refractivity contribution in [2.45, 2.75) is 332 Å². The van der Waals surface area contributed by atoms with Gasteiger partial charge in [-0.15, -0.1) is 0 Å². The molecule has 0 radical (unpaired) electrons. The van der Waals surface area contributed by atoms with E-state index in [0.717, 1.165) is 90.4 Å². The number of carbonyl (C=O) groups is 5. The summed E-state index contributed by atoms with van der Waals surface area (Å²) in [5.74, 6) is -2.70. The second-order valence-electron chi connectivity index (χ2n) is 26.6. The number of ether oxygens (including phenoxy) is 8. The molecule has 3 aliphatic rings. The largest absolute Gasteiger partial charge is 0.461 e. The highest BCUT2D eigenvalue weighted by molar-refractivity contribution is 7.52. The molecule has 11 N–H and O–H groups in total. The minimum atomic E-state index is -3.77. The molecule has 3 amide bonds. The zero-order chi connectivity index (χ0) is 72.8. The summed E-state index contributed by atoms with van der Waals surface area (Å²) in [6.07, 6.45) is 13.2. The fourth-order valence-corrected chi connectivity index (χ4v) is 12.7. The van der Waals surface area contributed by atoms with Crippen LogP contribution in [0.4, 0.5) is 0 Å². The first kappa shape index (κ1) is 89.6. The number of hydrogen-bond donors (Lipinski definition) is 11. The van der Waals surface area contributed by atoms with Gasteiger partial charge in [0.25, 0.3) is 0 Å². The summed E-state index contributed by atoms with van der Waals surface area (Å²) in [6, 6.07) is -1.48. The maximum Gasteiger partial charge on any atom is 0.327 e. The maximum absolute atomic E-state index is 13.6. The lowest BCUT2D eigenvalue weighted by Crippen LogP contribution is -2.68. The minimum absolute atomic E-state index is 0.00869. The average Bonchev–Trinajstić information content (AvgIpc) is 0.774. The maximum atomic E-state index is 13.6. The van der Waals surface area contributed by atoms with Crippen LogP contribution >= 0.6 is 7.60 Å². The molecule has 3 rings (SSSR count). The molecule has 0 spiro atoms. The Morgan fingerprint density at radius 2 is 1.05 bits per heavy atom. The van der Waals surface area contributed by atoms with Crippen molar-refractivity contribution in [2.75, 3.05) is 59.4 Å². The van der Waals surface area contributed by atoms with Crippen molar-refractivity contribution >= 4 is 37.3 Å². The molecule has 0 bridgehead atoms. The van der Waals surface area contributed by atoms with Crippen LogP contribution in [0.2, 0.25) is 0 Å². The molecule has 3 fully saturated rings. The van der Waals surface area contributed by atoms with Gasteiger partial charge in [-0.3, -0.25) is 28.5 Å². The molecule has 0 saturated carbocycles. The highest BCUT2D eigenvalue weighted by Crippen LogP contribution is 2.44. The first-order chi connectivity index (χ1) is 47.6. The van der Waals surface area contributed by atoms with Crippen LogP contribution in [-0.2, 0) is 75.5 Å². The lowest BCUT2D eigenvalue weighted by Gasteiger charge is -2.49. The van der Waals surface area contributed by atoms with E-state index in [2.05, 4.69) is 54.9 Å². The van der Waals surface area contributed by atoms with Gasteiger partial charge in [0.2, 0.25) is 17.7 Å². The summed E-state index contributed by atoms with van der Waals surface area (Å²) >= 11 is 0. The Labute approximate surface area is 588 Å². The summed E-state index contributed by atoms with van der Waals surface area (Å²) in [5.41, 5.74) is 0. The Balaban J connectivity index is 1.49. The molecular formula is C71H128N3O24P. The number of unbranched alkanes of at least 4 members (excludes halogenated alkanes) is 21. The van der Waals surface area contributed by atoms with Gasteiger partial charge >= 0.3 is 19.5 Å². The number of esters is 2. The number of aliphatic hydroxyl groups is 8. The third-order valence-electron chi connectivity index (χ3n) is 17.8. The van der Waals surface area contributed by atoms with Crippen LogP contribution in [0.25, 0.3) is 0 Å². The van der Waals surface area contributed by atoms with Crippen molar-refractivity contribution in [3.8, 4) is 0 Å². The van der Waals surface area contributed by atoms with E-state index in [1.54, 1.807) is 0 Å². The fraction of sp³-hybridized carbons (Fsp3) is 0.873. The van der Waals surface area contributed by atoms with Gasteiger partial charge in [0.15, 0.2) is 25.0 Å². The Kier molecular flexibility index (Phi) is 48.2. The lowest BCUT2D eigenvalue weighted by molar-refractivity contribution is -0.385. The van der Waals surface area contributed by atoms with Crippen LogP contribution in [0.5, 0.6) is 0 Å². The molecule has 27 nitrogen and oxygen atoms in total. The molecule has 0 aromatic rings. The van der Waals surface area contributed by atoms with Crippen LogP contribution in [0.3, 0.4) is 0 Å². The van der Waals surface area contributed by atoms with Crippen LogP contribution in [0.1, 0.15) is 234 Å². The Hall–Kier alpha value is -3.58. The van der Waals surface area contributed by atoms with Crippen molar-refractivity contribution < 1.29 is 116 Å². The quantitative estimate of drug-likeness (QED) is 0.0126. The van der Waals surface area contributed by atoms with Gasteiger partial charge in [-0.05, 0) is 77.6 Å². The van der Waals surface area contributed by atoms with E-state index in [4.69, 9.17) is 46.9 Å². The molecule has 3 aliphatic heterocycles. The summed E-state index contributed by atoms with van der Waals surface area (Å²) in [5, 5.41) is 93.0. The topological polar surface area (TPSA) is 393 Å². The standard InChI is InChI=1S/C71H128N3O24P/c1-7-10-13-16-18-20-21-22-23-24-25-26-28-30-33-41-58(80)94-53(48-90-68(87)52(37-31-15-12-9-3)38-32-29-27-19-17-14-11-8-2)49-92-99(6,88)91-45-43-73-57(79)40-35-34-39-56(78)72-42-36-44-89-71-67(98-70-65(86)64(85)60(81)50(4)93-70)66(62(83)55(47-76)96-71)97-69-59(74-51(5)77)63(84)61(82)54(46-75)95-69/h22-23,32,38,50,52-55,59-67,69-71,75-76,81-86H,7-21,24-31,33-37,39-49H2,1-6H3,(H,72,78)(H,73,79)(H,74,77)/b23-22-,38-32+/t50?,52?,53-,54?,55?,59?,60-,61+,62+,63-,64+,65?,66+,67?,69?,70+,71-,99?/m1/s1. The second-order valence-corrected chi connectivity index (χ2v) is 28.6. The summed E-state index contributed by atoms with van der Waals surface area (Å²) in [6.45, 7) is 7.86. The van der Waals surface area contributed by atoms with Crippen molar-refractivity contribution in [3.05, 3.63) is 24.3 Å². The normalized spacial score (nSPS) is 27.0. The summed E-state index contributed by atoms with van der Waals surface area (Å²) in [4.78, 5) is 64.7. The van der Waals surface area contributed by atoms with E-state index in [0.29, 0.717) is 25.7 Å². The first-order valence-corrected chi connectivity index (χ1v) is 39.1. The van der Waals surface area contributed by atoms with E-state index in [1.165, 1.54) is 77.8 Å². The molecule has 28 heteroatoms. The van der Waals surface area contributed by atoms with Crippen LogP contribution < -0.4 is 16.0 Å². The molecular weight excluding hydrogens is 1310 g/mol. The van der Waals surface area contributed by atoms with Gasteiger partial charge in [-0.25, -0.2) is 0 Å². The zero-order valence-electron chi connectivity index (χ0n) is 60.3. The van der Waals surface area contributed by atoms with Crippen LogP contribution in [0, 0.1) is 5.92 Å². The highest BCUT2D eigenvalue weighted by Gasteiger charge is 2.54. The van der Waals surface area contributed by atoms with Gasteiger partial charge < -0.3 is 104 Å². The van der Waals surface area contributed by atoms with Crippen molar-refractivity contribution in [1.29, 1.82) is 0 Å². The third-order valence-corrected chi connectivity index (χ3v) is 19.1. The van der Waals surface area contributed by atoms with Crippen LogP contribution in [-0.4, -0.2) is 228 Å². The van der Waals surface area contributed by atoms with E-state index >= 15 is 0 Å².